The molecule has 0 aromatic rings. The molecule has 0 aliphatic carbocycles. The van der Waals surface area contributed by atoms with E-state index >= 15 is 0 Å². The first-order valence-electron chi connectivity index (χ1n) is 30.6. The van der Waals surface area contributed by atoms with Crippen LogP contribution in [0.2, 0.25) is 0 Å². The largest absolute Gasteiger partial charge is 0.466 e. The Balaban J connectivity index is 3.52. The average molecular weight is 981 g/mol. The Morgan fingerprint density at radius 1 is 0.414 bits per heavy atom. The Labute approximate surface area is 435 Å². The Kier molecular flexibility index (Phi) is 57.1. The lowest BCUT2D eigenvalue weighted by Gasteiger charge is -2.20. The van der Waals surface area contributed by atoms with Crippen molar-refractivity contribution in [2.45, 2.75) is 321 Å². The number of unbranched alkanes of at least 4 members (excludes halogenated alkanes) is 38. The monoisotopic (exact) mass is 980 g/mol. The summed E-state index contributed by atoms with van der Waals surface area (Å²) in [6.45, 7) is 4.80. The van der Waals surface area contributed by atoms with Crippen LogP contribution in [0.15, 0.2) is 60.8 Å². The summed E-state index contributed by atoms with van der Waals surface area (Å²) >= 11 is 0. The van der Waals surface area contributed by atoms with Crippen molar-refractivity contribution in [3.8, 4) is 0 Å². The van der Waals surface area contributed by atoms with Gasteiger partial charge in [0.05, 0.1) is 25.4 Å². The molecule has 0 aromatic heterocycles. The van der Waals surface area contributed by atoms with Crippen LogP contribution in [0, 0.1) is 0 Å². The van der Waals surface area contributed by atoms with Gasteiger partial charge in [0.25, 0.3) is 0 Å². The molecule has 0 heterocycles. The number of carbonyl (C=O) groups is 2. The van der Waals surface area contributed by atoms with Crippen LogP contribution in [0.1, 0.15) is 309 Å². The van der Waals surface area contributed by atoms with Crippen molar-refractivity contribution in [3.05, 3.63) is 60.8 Å². The van der Waals surface area contributed by atoms with Crippen molar-refractivity contribution in [3.63, 3.8) is 0 Å². The fourth-order valence-corrected chi connectivity index (χ4v) is 9.07. The lowest BCUT2D eigenvalue weighted by molar-refractivity contribution is -0.143. The van der Waals surface area contributed by atoms with E-state index in [-0.39, 0.29) is 18.5 Å². The molecule has 0 saturated carbocycles. The quantitative estimate of drug-likeness (QED) is 0.0244. The predicted octanol–water partition coefficient (Wildman–Crippen LogP) is 19.1. The maximum Gasteiger partial charge on any atom is 0.305 e. The number of rotatable bonds is 56. The van der Waals surface area contributed by atoms with Gasteiger partial charge < -0.3 is 20.3 Å². The molecule has 0 radical (unpaired) electrons. The summed E-state index contributed by atoms with van der Waals surface area (Å²) in [4.78, 5) is 24.5. The lowest BCUT2D eigenvalue weighted by atomic mass is 10.0. The third-order valence-electron chi connectivity index (χ3n) is 13.8. The number of esters is 1. The van der Waals surface area contributed by atoms with E-state index < -0.39 is 12.1 Å². The van der Waals surface area contributed by atoms with Crippen LogP contribution in [0.3, 0.4) is 0 Å². The van der Waals surface area contributed by atoms with E-state index in [1.165, 1.54) is 193 Å². The van der Waals surface area contributed by atoms with Gasteiger partial charge in [0.15, 0.2) is 0 Å². The first-order valence-corrected chi connectivity index (χ1v) is 30.6. The number of hydrogen-bond donors (Lipinski definition) is 3. The molecular formula is C64H117NO5. The molecule has 2 unspecified atom stereocenters. The van der Waals surface area contributed by atoms with Gasteiger partial charge in [-0.1, -0.05) is 267 Å². The fourth-order valence-electron chi connectivity index (χ4n) is 9.07. The van der Waals surface area contributed by atoms with E-state index in [0.717, 1.165) is 89.9 Å². The zero-order chi connectivity index (χ0) is 50.7. The number of ether oxygens (including phenoxy) is 1. The van der Waals surface area contributed by atoms with Crippen LogP contribution >= 0.6 is 0 Å². The Hall–Kier alpha value is -2.44. The molecular weight excluding hydrogens is 863 g/mol. The highest BCUT2D eigenvalue weighted by Gasteiger charge is 2.18. The van der Waals surface area contributed by atoms with E-state index in [2.05, 4.69) is 67.8 Å². The van der Waals surface area contributed by atoms with Gasteiger partial charge in [0.1, 0.15) is 0 Å². The van der Waals surface area contributed by atoms with E-state index in [9.17, 15) is 19.8 Å². The highest BCUT2D eigenvalue weighted by atomic mass is 16.5. The zero-order valence-corrected chi connectivity index (χ0v) is 46.5. The van der Waals surface area contributed by atoms with E-state index in [4.69, 9.17) is 4.74 Å². The second-order valence-electron chi connectivity index (χ2n) is 20.7. The van der Waals surface area contributed by atoms with Crippen LogP contribution in [-0.4, -0.2) is 47.4 Å². The van der Waals surface area contributed by atoms with Gasteiger partial charge in [-0.2, -0.15) is 0 Å². The number of allylic oxidation sites excluding steroid dienone is 9. The molecule has 0 bridgehead atoms. The summed E-state index contributed by atoms with van der Waals surface area (Å²) < 4.78 is 5.44. The van der Waals surface area contributed by atoms with Crippen molar-refractivity contribution >= 4 is 11.9 Å². The fraction of sp³-hybridized carbons (Fsp3) is 0.812. The Bertz CT molecular complexity index is 1220. The first kappa shape index (κ1) is 67.6. The molecule has 0 spiro atoms. The van der Waals surface area contributed by atoms with Crippen molar-refractivity contribution in [2.24, 2.45) is 0 Å². The van der Waals surface area contributed by atoms with Gasteiger partial charge in [-0.15, -0.1) is 0 Å². The van der Waals surface area contributed by atoms with Crippen molar-refractivity contribution in [1.29, 1.82) is 0 Å². The number of hydrogen-bond acceptors (Lipinski definition) is 5. The van der Waals surface area contributed by atoms with Crippen LogP contribution in [-0.2, 0) is 14.3 Å². The van der Waals surface area contributed by atoms with E-state index in [1.807, 2.05) is 6.08 Å². The predicted molar refractivity (Wildman–Crippen MR) is 305 cm³/mol. The van der Waals surface area contributed by atoms with Gasteiger partial charge in [-0.25, -0.2) is 0 Å². The molecule has 408 valence electrons. The molecule has 70 heavy (non-hydrogen) atoms. The molecule has 0 aliphatic heterocycles. The molecule has 6 nitrogen and oxygen atoms in total. The lowest BCUT2D eigenvalue weighted by Crippen LogP contribution is -2.45. The summed E-state index contributed by atoms with van der Waals surface area (Å²) in [5.41, 5.74) is 0. The summed E-state index contributed by atoms with van der Waals surface area (Å²) in [6, 6.07) is -0.638. The molecule has 1 amide bonds. The number of carbonyl (C=O) groups excluding carboxylic acids is 2. The third-order valence-corrected chi connectivity index (χ3v) is 13.8. The summed E-state index contributed by atoms with van der Waals surface area (Å²) in [5.74, 6) is -0.107. The zero-order valence-electron chi connectivity index (χ0n) is 46.5. The number of amides is 1. The molecule has 0 saturated heterocycles. The summed E-state index contributed by atoms with van der Waals surface area (Å²) in [5, 5.41) is 23.2. The van der Waals surface area contributed by atoms with Gasteiger partial charge in [0.2, 0.25) is 5.91 Å². The maximum absolute atomic E-state index is 12.5. The third kappa shape index (κ3) is 54.9. The van der Waals surface area contributed by atoms with Crippen molar-refractivity contribution < 1.29 is 24.5 Å². The van der Waals surface area contributed by atoms with Crippen molar-refractivity contribution in [1.82, 2.24) is 5.32 Å². The SMILES string of the molecule is CCC/C=C\C/C=C\CCCCCCCC(=O)OCCCCC/C=C\C=C/CCCCCCCCCCCCC(=O)NC(CO)C(O)/C=C/CCCCCCCCCCCCCCCCCCCCC. The highest BCUT2D eigenvalue weighted by Crippen LogP contribution is 2.17. The average Bonchev–Trinajstić information content (AvgIpc) is 3.36. The summed E-state index contributed by atoms with van der Waals surface area (Å²) in [6.07, 6.45) is 76.8. The van der Waals surface area contributed by atoms with Gasteiger partial charge in [-0.05, 0) is 89.9 Å². The minimum atomic E-state index is -0.854. The Morgan fingerprint density at radius 3 is 1.23 bits per heavy atom. The number of aliphatic hydroxyl groups excluding tert-OH is 2. The topological polar surface area (TPSA) is 95.9 Å². The van der Waals surface area contributed by atoms with Gasteiger partial charge in [0, 0.05) is 12.8 Å². The molecule has 0 aliphatic rings. The van der Waals surface area contributed by atoms with E-state index in [0.29, 0.717) is 19.4 Å². The van der Waals surface area contributed by atoms with Crippen LogP contribution in [0.25, 0.3) is 0 Å². The number of aliphatic hydroxyl groups is 2. The molecule has 2 atom stereocenters. The summed E-state index contributed by atoms with van der Waals surface area (Å²) in [7, 11) is 0. The highest BCUT2D eigenvalue weighted by molar-refractivity contribution is 5.76. The molecule has 0 fully saturated rings. The van der Waals surface area contributed by atoms with Crippen LogP contribution in [0.5, 0.6) is 0 Å². The maximum atomic E-state index is 12.5. The van der Waals surface area contributed by atoms with Gasteiger partial charge >= 0.3 is 5.97 Å². The molecule has 0 aromatic carbocycles. The molecule has 0 rings (SSSR count). The second-order valence-corrected chi connectivity index (χ2v) is 20.7. The molecule has 6 heteroatoms. The van der Waals surface area contributed by atoms with Crippen LogP contribution in [0.4, 0.5) is 0 Å². The normalized spacial score (nSPS) is 13.0. The second kappa shape index (κ2) is 59.1. The standard InChI is InChI=1S/C64H117NO5/c1-3-5-7-9-11-13-15-17-18-19-20-21-23-26-29-33-36-40-44-48-52-56-62(67)61(60-66)65-63(68)57-53-49-45-41-37-34-30-27-24-22-25-28-31-35-39-43-47-51-55-59-70-64(69)58-54-50-46-42-38-32-16-14-12-10-8-6-4-2/h8,10,14,16,28,31,35,39,52,56,61-62,66-67H,3-7,9,11-13,15,17-27,29-30,32-34,36-38,40-51,53-55,57-60H2,1-2H3,(H,65,68)/b10-8-,16-14-,31-28-,39-35-,56-52+. The Morgan fingerprint density at radius 2 is 0.786 bits per heavy atom. The minimum absolute atomic E-state index is 0.0300. The first-order chi connectivity index (χ1) is 34.5. The minimum Gasteiger partial charge on any atom is -0.466 e. The number of nitrogens with one attached hydrogen (secondary N) is 1. The smallest absolute Gasteiger partial charge is 0.305 e. The van der Waals surface area contributed by atoms with Crippen LogP contribution < -0.4 is 5.32 Å². The van der Waals surface area contributed by atoms with Crippen molar-refractivity contribution in [2.75, 3.05) is 13.2 Å². The van der Waals surface area contributed by atoms with E-state index in [1.54, 1.807) is 6.08 Å². The molecule has 3 N–H and O–H groups in total. The van der Waals surface area contributed by atoms with Gasteiger partial charge in [-0.3, -0.25) is 9.59 Å².